The molecule has 0 aliphatic heterocycles. The van der Waals surface area contributed by atoms with Crippen molar-refractivity contribution in [3.8, 4) is 0 Å². The summed E-state index contributed by atoms with van der Waals surface area (Å²) >= 11 is -2.34. The third-order valence-corrected chi connectivity index (χ3v) is 24.4. The molecule has 0 aromatic carbocycles. The maximum absolute atomic E-state index is 11.1. The van der Waals surface area contributed by atoms with Crippen LogP contribution in [0.25, 0.3) is 0 Å². The first kappa shape index (κ1) is 32.9. The molecule has 5 heteroatoms. The zero-order chi connectivity index (χ0) is 25.3. The second kappa shape index (κ2) is 18.2. The zero-order valence-corrected chi connectivity index (χ0v) is 26.8. The molecule has 0 radical (unpaired) electrons. The van der Waals surface area contributed by atoms with Crippen molar-refractivity contribution in [3.05, 3.63) is 34.9 Å². The van der Waals surface area contributed by atoms with Gasteiger partial charge in [-0.1, -0.05) is 0 Å². The van der Waals surface area contributed by atoms with Gasteiger partial charge in [0.15, 0.2) is 0 Å². The van der Waals surface area contributed by atoms with Crippen molar-refractivity contribution in [2.45, 2.75) is 123 Å². The molecule has 0 heterocycles. The Hall–Kier alpha value is -0.0713. The minimum atomic E-state index is -3.37. The Kier molecular flexibility index (Phi) is 18.2. The Labute approximate surface area is 211 Å². The van der Waals surface area contributed by atoms with E-state index in [1.165, 1.54) is 61.7 Å². The van der Waals surface area contributed by atoms with Crippen molar-refractivity contribution in [1.82, 2.24) is 0 Å². The molecule has 1 unspecified atom stereocenters. The third kappa shape index (κ3) is 16.3. The second-order valence-electron chi connectivity index (χ2n) is 10.4. The summed E-state index contributed by atoms with van der Waals surface area (Å²) < 4.78 is 32.5. The van der Waals surface area contributed by atoms with E-state index in [1.807, 2.05) is 6.08 Å². The van der Waals surface area contributed by atoms with Crippen LogP contribution in [-0.2, 0) is 14.3 Å². The summed E-state index contributed by atoms with van der Waals surface area (Å²) in [5, 5.41) is 0. The molecule has 0 rings (SSSR count). The van der Waals surface area contributed by atoms with E-state index in [0.717, 1.165) is 23.0 Å². The van der Waals surface area contributed by atoms with Gasteiger partial charge in [0.05, 0.1) is 0 Å². The van der Waals surface area contributed by atoms with Crippen molar-refractivity contribution < 1.29 is 12.6 Å². The molecule has 3 nitrogen and oxygen atoms in total. The number of hydrogen-bond donors (Lipinski definition) is 0. The van der Waals surface area contributed by atoms with E-state index in [4.69, 9.17) is 4.18 Å². The summed E-state index contributed by atoms with van der Waals surface area (Å²) in [6.07, 6.45) is 19.5. The Balaban J connectivity index is 5.47. The van der Waals surface area contributed by atoms with Crippen LogP contribution in [0.3, 0.4) is 0 Å². The minimum absolute atomic E-state index is 0.138. The Morgan fingerprint density at radius 3 is 1.79 bits per heavy atom. The van der Waals surface area contributed by atoms with Crippen LogP contribution in [0.2, 0.25) is 17.2 Å². The first-order valence-electron chi connectivity index (χ1n) is 13.3. The Morgan fingerprint density at radius 1 is 0.848 bits per heavy atom. The second-order valence-corrected chi connectivity index (χ2v) is 26.2. The summed E-state index contributed by atoms with van der Waals surface area (Å²) in [4.78, 5) is 0. The maximum atomic E-state index is 11.1. The molecule has 0 aliphatic carbocycles. The molecule has 0 saturated carbocycles. The van der Waals surface area contributed by atoms with Gasteiger partial charge in [-0.15, -0.1) is 0 Å². The van der Waals surface area contributed by atoms with Crippen LogP contribution in [0.5, 0.6) is 0 Å². The predicted octanol–water partition coefficient (Wildman–Crippen LogP) is 9.21. The van der Waals surface area contributed by atoms with Gasteiger partial charge in [-0.3, -0.25) is 0 Å². The van der Waals surface area contributed by atoms with Crippen LogP contribution >= 0.6 is 0 Å². The quantitative estimate of drug-likeness (QED) is 0.0857. The van der Waals surface area contributed by atoms with Gasteiger partial charge in [-0.2, -0.15) is 0 Å². The molecule has 0 spiro atoms. The first-order chi connectivity index (χ1) is 15.5. The van der Waals surface area contributed by atoms with E-state index >= 15 is 0 Å². The molecule has 0 aliphatic rings. The van der Waals surface area contributed by atoms with E-state index in [1.54, 1.807) is 13.3 Å². The standard InChI is InChI=1S/C16H27O3S.3C4H9.Sn/c1-14(2)8-6-9-15(3)10-7-11-16(4)12-13-19-20(5,17)18;3*1-3-4-2;/h6,8,10,12H,7,9,11,13H2,1-5H3;3*1,3-4H2,2H3;/b15-10+,16-12+;;;;. The molecule has 0 aromatic rings. The van der Waals surface area contributed by atoms with Gasteiger partial charge in [0.1, 0.15) is 0 Å². The summed E-state index contributed by atoms with van der Waals surface area (Å²) in [7, 11) is -3.37. The third-order valence-electron chi connectivity index (χ3n) is 6.69. The Bertz CT molecular complexity index is 694. The fourth-order valence-corrected chi connectivity index (χ4v) is 23.6. The first-order valence-corrected chi connectivity index (χ1v) is 22.8. The van der Waals surface area contributed by atoms with Gasteiger partial charge in [-0.25, -0.2) is 0 Å². The normalized spacial score (nSPS) is 14.4. The van der Waals surface area contributed by atoms with E-state index in [-0.39, 0.29) is 6.61 Å². The van der Waals surface area contributed by atoms with Crippen molar-refractivity contribution in [1.29, 1.82) is 0 Å². The predicted molar refractivity (Wildman–Crippen MR) is 150 cm³/mol. The van der Waals surface area contributed by atoms with Gasteiger partial charge >= 0.3 is 212 Å². The van der Waals surface area contributed by atoms with Gasteiger partial charge in [0, 0.05) is 0 Å². The summed E-state index contributed by atoms with van der Waals surface area (Å²) in [6.45, 7) is 16.2. The van der Waals surface area contributed by atoms with Crippen LogP contribution in [0.1, 0.15) is 106 Å². The van der Waals surface area contributed by atoms with E-state index in [0.29, 0.717) is 0 Å². The van der Waals surface area contributed by atoms with Crippen LogP contribution in [0, 0.1) is 0 Å². The molecule has 0 aromatic heterocycles. The molecule has 0 saturated heterocycles. The van der Waals surface area contributed by atoms with Crippen LogP contribution in [-0.4, -0.2) is 39.7 Å². The number of allylic oxidation sites excluding steroid dienone is 5. The monoisotopic (exact) mass is 590 g/mol. The van der Waals surface area contributed by atoms with Gasteiger partial charge in [0.2, 0.25) is 0 Å². The van der Waals surface area contributed by atoms with E-state index < -0.39 is 28.5 Å². The number of unbranched alkanes of at least 4 members (excludes halogenated alkanes) is 3. The molecule has 0 amide bonds. The summed E-state index contributed by atoms with van der Waals surface area (Å²) in [6, 6.07) is 0. The van der Waals surface area contributed by atoms with Gasteiger partial charge < -0.3 is 0 Å². The number of hydrogen-bond acceptors (Lipinski definition) is 3. The van der Waals surface area contributed by atoms with Crippen LogP contribution < -0.4 is 0 Å². The van der Waals surface area contributed by atoms with Crippen molar-refractivity contribution in [3.63, 3.8) is 0 Å². The molecular weight excluding hydrogens is 535 g/mol. The molecule has 0 bridgehead atoms. The molecule has 0 N–H and O–H groups in total. The van der Waals surface area contributed by atoms with E-state index in [9.17, 15) is 8.42 Å². The average molecular weight is 590 g/mol. The average Bonchev–Trinajstić information content (AvgIpc) is 2.72. The van der Waals surface area contributed by atoms with Crippen molar-refractivity contribution in [2.75, 3.05) is 12.9 Å². The topological polar surface area (TPSA) is 43.4 Å². The van der Waals surface area contributed by atoms with Crippen LogP contribution in [0.15, 0.2) is 34.9 Å². The summed E-state index contributed by atoms with van der Waals surface area (Å²) in [5.41, 5.74) is 4.21. The zero-order valence-electron chi connectivity index (χ0n) is 23.1. The van der Waals surface area contributed by atoms with Crippen LogP contribution in [0.4, 0.5) is 0 Å². The molecule has 33 heavy (non-hydrogen) atoms. The summed E-state index contributed by atoms with van der Waals surface area (Å²) in [5.74, 6) is 0. The molecular formula is C28H54O3SSn. The number of rotatable bonds is 19. The Morgan fingerprint density at radius 2 is 1.36 bits per heavy atom. The molecule has 0 fully saturated rings. The van der Waals surface area contributed by atoms with Crippen molar-refractivity contribution >= 4 is 28.5 Å². The fraction of sp³-hybridized carbons (Fsp3) is 0.786. The molecule has 194 valence electrons. The van der Waals surface area contributed by atoms with Gasteiger partial charge in [0.25, 0.3) is 0 Å². The SMILES string of the molecule is CCC[CH2][Sn]([CH2]CCC)([CH2]CCC)[CH](C=C(C)C)C/C(C)=C/CC/C(C)=C/COS(C)(=O)=O. The van der Waals surface area contributed by atoms with Crippen molar-refractivity contribution in [2.24, 2.45) is 0 Å². The van der Waals surface area contributed by atoms with Gasteiger partial charge in [-0.05, 0) is 0 Å². The van der Waals surface area contributed by atoms with E-state index in [2.05, 4.69) is 60.6 Å². The molecule has 1 atom stereocenters. The fourth-order valence-electron chi connectivity index (χ4n) is 4.75.